The van der Waals surface area contributed by atoms with E-state index in [0.717, 1.165) is 12.8 Å². The molecule has 1 aromatic carbocycles. The van der Waals surface area contributed by atoms with Crippen LogP contribution in [0.5, 0.6) is 0 Å². The molecule has 1 unspecified atom stereocenters. The Hall–Kier alpha value is -1.11. The Morgan fingerprint density at radius 2 is 2.07 bits per heavy atom. The third kappa shape index (κ3) is 3.50. The molecule has 15 heavy (non-hydrogen) atoms. The standard InChI is InChI=1S/C14H20O.H2/c1-10-5-6-12(3)14(9-10)8-7-11(2)13(4)15;/h5-6,9,11H,7-8H2,1-4H3;1H. The average Bonchev–Trinajstić information content (AvgIpc) is 2.18. The van der Waals surface area contributed by atoms with E-state index in [0.29, 0.717) is 5.78 Å². The van der Waals surface area contributed by atoms with Gasteiger partial charge >= 0.3 is 0 Å². The Morgan fingerprint density at radius 3 is 2.67 bits per heavy atom. The third-order valence-electron chi connectivity index (χ3n) is 3.05. The van der Waals surface area contributed by atoms with E-state index >= 15 is 0 Å². The maximum Gasteiger partial charge on any atom is 0.132 e. The van der Waals surface area contributed by atoms with Gasteiger partial charge in [-0.3, -0.25) is 4.79 Å². The number of ketones is 1. The monoisotopic (exact) mass is 206 g/mol. The van der Waals surface area contributed by atoms with Crippen molar-refractivity contribution < 1.29 is 6.22 Å². The number of carbonyl (C=O) groups excluding carboxylic acids is 1. The number of aryl methyl sites for hydroxylation is 3. The van der Waals surface area contributed by atoms with Gasteiger partial charge in [0.2, 0.25) is 0 Å². The van der Waals surface area contributed by atoms with Gasteiger partial charge < -0.3 is 0 Å². The molecular weight excluding hydrogens is 184 g/mol. The summed E-state index contributed by atoms with van der Waals surface area (Å²) in [6.45, 7) is 7.92. The molecule has 0 amide bonds. The van der Waals surface area contributed by atoms with Crippen LogP contribution in [0.4, 0.5) is 0 Å². The number of rotatable bonds is 4. The Labute approximate surface area is 94.0 Å². The summed E-state index contributed by atoms with van der Waals surface area (Å²) in [6.07, 6.45) is 1.97. The fraction of sp³-hybridized carbons (Fsp3) is 0.500. The summed E-state index contributed by atoms with van der Waals surface area (Å²) >= 11 is 0. The molecule has 1 atom stereocenters. The molecule has 84 valence electrons. The van der Waals surface area contributed by atoms with Crippen molar-refractivity contribution in [2.24, 2.45) is 5.92 Å². The highest BCUT2D eigenvalue weighted by Crippen LogP contribution is 2.15. The molecule has 0 spiro atoms. The van der Waals surface area contributed by atoms with Crippen molar-refractivity contribution in [3.8, 4) is 0 Å². The predicted molar refractivity (Wildman–Crippen MR) is 66.2 cm³/mol. The molecule has 0 N–H and O–H groups in total. The van der Waals surface area contributed by atoms with Gasteiger partial charge in [-0.2, -0.15) is 0 Å². The van der Waals surface area contributed by atoms with Gasteiger partial charge in [-0.25, -0.2) is 0 Å². The Bertz CT molecular complexity index is 358. The summed E-state index contributed by atoms with van der Waals surface area (Å²) in [6, 6.07) is 6.51. The zero-order valence-corrected chi connectivity index (χ0v) is 10.1. The Morgan fingerprint density at radius 1 is 1.40 bits per heavy atom. The van der Waals surface area contributed by atoms with Crippen molar-refractivity contribution in [2.75, 3.05) is 0 Å². The highest BCUT2D eigenvalue weighted by molar-refractivity contribution is 5.77. The zero-order valence-electron chi connectivity index (χ0n) is 10.1. The van der Waals surface area contributed by atoms with Crippen LogP contribution in [-0.2, 0) is 11.2 Å². The molecule has 1 aromatic rings. The Balaban J connectivity index is 0.00000225. The first-order valence-corrected chi connectivity index (χ1v) is 5.57. The molecule has 1 nitrogen and oxygen atoms in total. The van der Waals surface area contributed by atoms with Crippen LogP contribution in [0.15, 0.2) is 18.2 Å². The van der Waals surface area contributed by atoms with Crippen molar-refractivity contribution in [1.82, 2.24) is 0 Å². The molecule has 0 aliphatic heterocycles. The lowest BCUT2D eigenvalue weighted by Gasteiger charge is -2.10. The summed E-state index contributed by atoms with van der Waals surface area (Å²) in [5.41, 5.74) is 4.01. The van der Waals surface area contributed by atoms with Crippen molar-refractivity contribution in [1.29, 1.82) is 0 Å². The predicted octanol–water partition coefficient (Wildman–Crippen LogP) is 3.71. The topological polar surface area (TPSA) is 17.1 Å². The fourth-order valence-electron chi connectivity index (χ4n) is 1.64. The van der Waals surface area contributed by atoms with E-state index < -0.39 is 0 Å². The second kappa shape index (κ2) is 5.11. The molecule has 0 radical (unpaired) electrons. The highest BCUT2D eigenvalue weighted by Gasteiger charge is 2.08. The molecule has 0 bridgehead atoms. The lowest BCUT2D eigenvalue weighted by Crippen LogP contribution is -2.07. The minimum absolute atomic E-state index is 0. The van der Waals surface area contributed by atoms with Crippen molar-refractivity contribution >= 4 is 5.78 Å². The molecule has 0 saturated carbocycles. The summed E-state index contributed by atoms with van der Waals surface area (Å²) in [5.74, 6) is 0.477. The van der Waals surface area contributed by atoms with Crippen LogP contribution in [0.1, 0.15) is 38.4 Å². The van der Waals surface area contributed by atoms with Gasteiger partial charge in [0.25, 0.3) is 0 Å². The first-order valence-electron chi connectivity index (χ1n) is 5.57. The minimum atomic E-state index is 0. The van der Waals surface area contributed by atoms with E-state index in [4.69, 9.17) is 0 Å². The van der Waals surface area contributed by atoms with Gasteiger partial charge in [-0.05, 0) is 44.7 Å². The quantitative estimate of drug-likeness (QED) is 0.734. The van der Waals surface area contributed by atoms with Gasteiger partial charge in [-0.1, -0.05) is 30.7 Å². The normalized spacial score (nSPS) is 12.5. The maximum absolute atomic E-state index is 11.1. The number of hydrogen-bond donors (Lipinski definition) is 0. The average molecular weight is 206 g/mol. The molecule has 1 rings (SSSR count). The largest absolute Gasteiger partial charge is 0.300 e. The SMILES string of the molecule is CC(=O)C(C)CCc1cc(C)ccc1C.[HH]. The van der Waals surface area contributed by atoms with Crippen LogP contribution >= 0.6 is 0 Å². The van der Waals surface area contributed by atoms with Crippen LogP contribution in [0, 0.1) is 19.8 Å². The van der Waals surface area contributed by atoms with E-state index in [1.54, 1.807) is 6.92 Å². The molecule has 0 aromatic heterocycles. The van der Waals surface area contributed by atoms with E-state index in [1.807, 2.05) is 6.92 Å². The summed E-state index contributed by atoms with van der Waals surface area (Å²) in [5, 5.41) is 0. The van der Waals surface area contributed by atoms with Crippen LogP contribution < -0.4 is 0 Å². The molecular formula is C14H22O. The van der Waals surface area contributed by atoms with Gasteiger partial charge in [-0.15, -0.1) is 0 Å². The maximum atomic E-state index is 11.1. The lowest BCUT2D eigenvalue weighted by molar-refractivity contribution is -0.120. The zero-order chi connectivity index (χ0) is 11.4. The molecule has 0 saturated heterocycles. The van der Waals surface area contributed by atoms with Crippen molar-refractivity contribution in [3.05, 3.63) is 34.9 Å². The van der Waals surface area contributed by atoms with E-state index in [2.05, 4.69) is 32.0 Å². The number of benzene rings is 1. The molecule has 0 aliphatic carbocycles. The molecule has 0 fully saturated rings. The summed E-state index contributed by atoms with van der Waals surface area (Å²) in [4.78, 5) is 11.1. The number of carbonyl (C=O) groups is 1. The van der Waals surface area contributed by atoms with Crippen molar-refractivity contribution in [2.45, 2.75) is 40.5 Å². The van der Waals surface area contributed by atoms with Gasteiger partial charge in [0.1, 0.15) is 5.78 Å². The van der Waals surface area contributed by atoms with Crippen LogP contribution in [-0.4, -0.2) is 5.78 Å². The summed E-state index contributed by atoms with van der Waals surface area (Å²) < 4.78 is 0. The molecule has 1 heteroatoms. The van der Waals surface area contributed by atoms with Crippen LogP contribution in [0.25, 0.3) is 0 Å². The lowest BCUT2D eigenvalue weighted by atomic mass is 9.95. The molecule has 0 aliphatic rings. The smallest absolute Gasteiger partial charge is 0.132 e. The van der Waals surface area contributed by atoms with E-state index in [-0.39, 0.29) is 7.34 Å². The highest BCUT2D eigenvalue weighted by atomic mass is 16.1. The second-order valence-electron chi connectivity index (χ2n) is 4.48. The van der Waals surface area contributed by atoms with Gasteiger partial charge in [0.15, 0.2) is 0 Å². The number of Topliss-reactive ketones (excluding diaryl/α,β-unsaturated/α-hetero) is 1. The minimum Gasteiger partial charge on any atom is -0.300 e. The van der Waals surface area contributed by atoms with Gasteiger partial charge in [0.05, 0.1) is 0 Å². The first-order chi connectivity index (χ1) is 7.00. The van der Waals surface area contributed by atoms with Crippen LogP contribution in [0.3, 0.4) is 0 Å². The molecule has 0 heterocycles. The third-order valence-corrected chi connectivity index (χ3v) is 3.05. The first kappa shape index (κ1) is 12.0. The van der Waals surface area contributed by atoms with Crippen molar-refractivity contribution in [3.63, 3.8) is 0 Å². The summed E-state index contributed by atoms with van der Waals surface area (Å²) in [7, 11) is 0. The fourth-order valence-corrected chi connectivity index (χ4v) is 1.64. The van der Waals surface area contributed by atoms with Crippen LogP contribution in [0.2, 0.25) is 0 Å². The Kier molecular flexibility index (Phi) is 4.07. The van der Waals surface area contributed by atoms with E-state index in [1.165, 1.54) is 16.7 Å². The number of hydrogen-bond acceptors (Lipinski definition) is 1. The second-order valence-corrected chi connectivity index (χ2v) is 4.48. The van der Waals surface area contributed by atoms with Gasteiger partial charge in [0, 0.05) is 7.34 Å². The van der Waals surface area contributed by atoms with E-state index in [9.17, 15) is 4.79 Å².